The molecule has 2 aliphatic carbocycles. The summed E-state index contributed by atoms with van der Waals surface area (Å²) in [5, 5.41) is 19.4. The Balaban J connectivity index is 1.90. The van der Waals surface area contributed by atoms with Crippen LogP contribution in [0.4, 0.5) is 0 Å². The second-order valence-corrected chi connectivity index (χ2v) is 7.23. The zero-order chi connectivity index (χ0) is 17.0. The van der Waals surface area contributed by atoms with E-state index >= 15 is 0 Å². The standard InChI is InChI=1S/C20H27NO3/c1-23-18-9-8-16(11-19(18)24-17-6-2-3-7-17)20(14-21)10-4-5-15(12-20)13-22/h8-9,11,15,17,22H,2-7,10,12-13H2,1H3/t15-,20-/m1/s1. The van der Waals surface area contributed by atoms with E-state index in [1.54, 1.807) is 7.11 Å². The number of hydrogen-bond acceptors (Lipinski definition) is 4. The van der Waals surface area contributed by atoms with Gasteiger partial charge in [-0.1, -0.05) is 12.5 Å². The van der Waals surface area contributed by atoms with E-state index in [0.29, 0.717) is 0 Å². The third kappa shape index (κ3) is 3.37. The van der Waals surface area contributed by atoms with Gasteiger partial charge in [0.15, 0.2) is 11.5 Å². The van der Waals surface area contributed by atoms with Crippen molar-refractivity contribution in [2.24, 2.45) is 5.92 Å². The normalized spacial score (nSPS) is 27.6. The topological polar surface area (TPSA) is 62.5 Å². The molecule has 0 aromatic heterocycles. The lowest BCUT2D eigenvalue weighted by molar-refractivity contribution is 0.161. The molecule has 0 heterocycles. The fourth-order valence-electron chi connectivity index (χ4n) is 4.23. The summed E-state index contributed by atoms with van der Waals surface area (Å²) in [5.41, 5.74) is 0.475. The van der Waals surface area contributed by atoms with Gasteiger partial charge in [-0.3, -0.25) is 0 Å². The number of nitrogens with zero attached hydrogens (tertiary/aromatic N) is 1. The van der Waals surface area contributed by atoms with Crippen molar-refractivity contribution in [2.45, 2.75) is 62.9 Å². The molecule has 2 aliphatic rings. The molecule has 4 nitrogen and oxygen atoms in total. The van der Waals surface area contributed by atoms with E-state index in [0.717, 1.165) is 55.6 Å². The molecule has 24 heavy (non-hydrogen) atoms. The third-order valence-electron chi connectivity index (χ3n) is 5.64. The van der Waals surface area contributed by atoms with E-state index < -0.39 is 5.41 Å². The van der Waals surface area contributed by atoms with Crippen LogP contribution in [-0.2, 0) is 5.41 Å². The van der Waals surface area contributed by atoms with E-state index in [9.17, 15) is 10.4 Å². The highest BCUT2D eigenvalue weighted by Crippen LogP contribution is 2.44. The maximum absolute atomic E-state index is 9.91. The van der Waals surface area contributed by atoms with Crippen LogP contribution in [0.25, 0.3) is 0 Å². The Labute approximate surface area is 144 Å². The van der Waals surface area contributed by atoms with Crippen molar-refractivity contribution in [3.05, 3.63) is 23.8 Å². The van der Waals surface area contributed by atoms with E-state index in [-0.39, 0.29) is 18.6 Å². The van der Waals surface area contributed by atoms with E-state index in [1.807, 2.05) is 18.2 Å². The average Bonchev–Trinajstić information content (AvgIpc) is 3.14. The molecule has 4 heteroatoms. The molecule has 130 valence electrons. The fraction of sp³-hybridized carbons (Fsp3) is 0.650. The van der Waals surface area contributed by atoms with Gasteiger partial charge in [0.2, 0.25) is 0 Å². The maximum atomic E-state index is 9.91. The Hall–Kier alpha value is -1.73. The molecule has 0 aliphatic heterocycles. The summed E-state index contributed by atoms with van der Waals surface area (Å²) >= 11 is 0. The molecule has 0 unspecified atom stereocenters. The molecule has 1 aromatic rings. The molecule has 1 aromatic carbocycles. The van der Waals surface area contributed by atoms with Crippen LogP contribution < -0.4 is 9.47 Å². The lowest BCUT2D eigenvalue weighted by atomic mass is 9.67. The molecule has 2 fully saturated rings. The van der Waals surface area contributed by atoms with Crippen molar-refractivity contribution in [3.63, 3.8) is 0 Å². The molecule has 3 rings (SSSR count). The van der Waals surface area contributed by atoms with Crippen LogP contribution in [-0.4, -0.2) is 24.9 Å². The van der Waals surface area contributed by atoms with Crippen LogP contribution in [0, 0.1) is 17.2 Å². The molecule has 0 bridgehead atoms. The van der Waals surface area contributed by atoms with Crippen molar-refractivity contribution < 1.29 is 14.6 Å². The quantitative estimate of drug-likeness (QED) is 0.888. The number of ether oxygens (including phenoxy) is 2. The van der Waals surface area contributed by atoms with Gasteiger partial charge in [-0.05, 0) is 68.6 Å². The van der Waals surface area contributed by atoms with Gasteiger partial charge in [-0.15, -0.1) is 0 Å². The summed E-state index contributed by atoms with van der Waals surface area (Å²) in [6, 6.07) is 8.46. The smallest absolute Gasteiger partial charge is 0.161 e. The first-order valence-corrected chi connectivity index (χ1v) is 9.08. The average molecular weight is 329 g/mol. The molecule has 0 spiro atoms. The first kappa shape index (κ1) is 17.1. The molecule has 1 N–H and O–H groups in total. The minimum atomic E-state index is -0.522. The first-order valence-electron chi connectivity index (χ1n) is 9.08. The SMILES string of the molecule is COc1ccc([C@]2(C#N)CCC[C@@H](CO)C2)cc1OC1CCCC1. The summed E-state index contributed by atoms with van der Waals surface area (Å²) in [4.78, 5) is 0. The molecular weight excluding hydrogens is 302 g/mol. The predicted octanol–water partition coefficient (Wildman–Crippen LogP) is 3.96. The number of aliphatic hydroxyl groups is 1. The van der Waals surface area contributed by atoms with Crippen LogP contribution in [0.15, 0.2) is 18.2 Å². The number of methoxy groups -OCH3 is 1. The number of rotatable bonds is 5. The molecular formula is C20H27NO3. The van der Waals surface area contributed by atoms with Crippen molar-refractivity contribution >= 4 is 0 Å². The minimum absolute atomic E-state index is 0.158. The zero-order valence-corrected chi connectivity index (χ0v) is 14.5. The van der Waals surface area contributed by atoms with E-state index in [2.05, 4.69) is 6.07 Å². The summed E-state index contributed by atoms with van der Waals surface area (Å²) in [7, 11) is 1.65. The number of hydrogen-bond donors (Lipinski definition) is 1. The number of aliphatic hydroxyl groups excluding tert-OH is 1. The highest BCUT2D eigenvalue weighted by molar-refractivity contribution is 5.47. The Morgan fingerprint density at radius 3 is 2.67 bits per heavy atom. The van der Waals surface area contributed by atoms with Crippen molar-refractivity contribution in [2.75, 3.05) is 13.7 Å². The van der Waals surface area contributed by atoms with Gasteiger partial charge >= 0.3 is 0 Å². The summed E-state index contributed by atoms with van der Waals surface area (Å²) < 4.78 is 11.6. The molecule has 2 saturated carbocycles. The van der Waals surface area contributed by atoms with Gasteiger partial charge < -0.3 is 14.6 Å². The number of benzene rings is 1. The van der Waals surface area contributed by atoms with Gasteiger partial charge in [0.1, 0.15) is 0 Å². The van der Waals surface area contributed by atoms with Gasteiger partial charge in [-0.25, -0.2) is 0 Å². The Kier molecular flexibility index (Phi) is 5.30. The fourth-order valence-corrected chi connectivity index (χ4v) is 4.23. The van der Waals surface area contributed by atoms with E-state index in [1.165, 1.54) is 12.8 Å². The largest absolute Gasteiger partial charge is 0.493 e. The second kappa shape index (κ2) is 7.44. The van der Waals surface area contributed by atoms with Crippen LogP contribution in [0.1, 0.15) is 56.9 Å². The Bertz CT molecular complexity index is 603. The Morgan fingerprint density at radius 2 is 2.00 bits per heavy atom. The second-order valence-electron chi connectivity index (χ2n) is 7.23. The highest BCUT2D eigenvalue weighted by Gasteiger charge is 2.38. The summed E-state index contributed by atoms with van der Waals surface area (Å²) in [6.07, 6.45) is 8.39. The van der Waals surface area contributed by atoms with Gasteiger partial charge in [0, 0.05) is 6.61 Å². The van der Waals surface area contributed by atoms with Crippen molar-refractivity contribution in [3.8, 4) is 17.6 Å². The third-order valence-corrected chi connectivity index (χ3v) is 5.64. The van der Waals surface area contributed by atoms with Gasteiger partial charge in [0.25, 0.3) is 0 Å². The minimum Gasteiger partial charge on any atom is -0.493 e. The monoisotopic (exact) mass is 329 g/mol. The van der Waals surface area contributed by atoms with Gasteiger partial charge in [-0.2, -0.15) is 5.26 Å². The van der Waals surface area contributed by atoms with Crippen molar-refractivity contribution in [1.82, 2.24) is 0 Å². The van der Waals surface area contributed by atoms with Crippen LogP contribution in [0.2, 0.25) is 0 Å². The molecule has 0 saturated heterocycles. The van der Waals surface area contributed by atoms with Crippen LogP contribution >= 0.6 is 0 Å². The van der Waals surface area contributed by atoms with Gasteiger partial charge in [0.05, 0.1) is 24.7 Å². The number of nitriles is 1. The lowest BCUT2D eigenvalue weighted by Crippen LogP contribution is -2.33. The first-order chi connectivity index (χ1) is 11.7. The molecule has 2 atom stereocenters. The highest BCUT2D eigenvalue weighted by atomic mass is 16.5. The van der Waals surface area contributed by atoms with Crippen LogP contribution in [0.3, 0.4) is 0 Å². The van der Waals surface area contributed by atoms with Crippen LogP contribution in [0.5, 0.6) is 11.5 Å². The summed E-state index contributed by atoms with van der Waals surface area (Å²) in [6.45, 7) is 0.158. The van der Waals surface area contributed by atoms with Crippen molar-refractivity contribution in [1.29, 1.82) is 5.26 Å². The molecule has 0 radical (unpaired) electrons. The lowest BCUT2D eigenvalue weighted by Gasteiger charge is -2.35. The Morgan fingerprint density at radius 1 is 1.21 bits per heavy atom. The summed E-state index contributed by atoms with van der Waals surface area (Å²) in [5.74, 6) is 1.69. The van der Waals surface area contributed by atoms with E-state index in [4.69, 9.17) is 9.47 Å². The maximum Gasteiger partial charge on any atom is 0.161 e. The zero-order valence-electron chi connectivity index (χ0n) is 14.5. The predicted molar refractivity (Wildman–Crippen MR) is 92.2 cm³/mol. The molecule has 0 amide bonds.